The molecule has 0 fully saturated rings. The molecule has 0 aliphatic carbocycles. The molecule has 5 nitrogen and oxygen atoms in total. The molecular formula is C24H29ClO5. The Hall–Kier alpha value is -2.53. The smallest absolute Gasteiger partial charge is 0.202 e. The number of halogens is 1. The van der Waals surface area contributed by atoms with Crippen molar-refractivity contribution in [2.75, 3.05) is 7.11 Å². The number of benzene rings is 1. The van der Waals surface area contributed by atoms with Crippen LogP contribution in [0.5, 0.6) is 11.5 Å². The predicted molar refractivity (Wildman–Crippen MR) is 118 cm³/mol. The van der Waals surface area contributed by atoms with E-state index in [1.165, 1.54) is 7.11 Å². The number of methoxy groups -OCH3 is 1. The zero-order valence-electron chi connectivity index (χ0n) is 18.4. The zero-order chi connectivity index (χ0) is 22.6. The molecule has 0 aromatic heterocycles. The number of phenols is 1. The van der Waals surface area contributed by atoms with E-state index in [4.69, 9.17) is 21.1 Å². The van der Waals surface area contributed by atoms with Gasteiger partial charge in [0.05, 0.1) is 17.7 Å². The minimum atomic E-state index is -0.795. The van der Waals surface area contributed by atoms with E-state index < -0.39 is 5.60 Å². The molecule has 1 aromatic rings. The number of phenolic OH excluding ortho intramolecular Hbond substituents is 1. The van der Waals surface area contributed by atoms with Crippen molar-refractivity contribution in [2.45, 2.75) is 59.5 Å². The molecule has 2 rings (SSSR count). The van der Waals surface area contributed by atoms with Crippen molar-refractivity contribution >= 4 is 23.7 Å². The summed E-state index contributed by atoms with van der Waals surface area (Å²) in [6.45, 7) is 9.12. The first-order chi connectivity index (χ1) is 14.0. The zero-order valence-corrected chi connectivity index (χ0v) is 19.1. The number of hydrogen-bond acceptors (Lipinski definition) is 5. The molecule has 0 unspecified atom stereocenters. The number of aromatic hydroxyl groups is 1. The van der Waals surface area contributed by atoms with Crippen LogP contribution < -0.4 is 4.74 Å². The van der Waals surface area contributed by atoms with E-state index in [0.717, 1.165) is 24.0 Å². The molecule has 6 heteroatoms. The van der Waals surface area contributed by atoms with E-state index in [1.54, 1.807) is 26.8 Å². The molecule has 0 bridgehead atoms. The third-order valence-electron chi connectivity index (χ3n) is 5.32. The number of hydrogen-bond donors (Lipinski definition) is 1. The average Bonchev–Trinajstić information content (AvgIpc) is 2.96. The largest absolute Gasteiger partial charge is 0.507 e. The third-order valence-corrected chi connectivity index (χ3v) is 5.78. The summed E-state index contributed by atoms with van der Waals surface area (Å²) in [5.74, 6) is 0.884. The van der Waals surface area contributed by atoms with Crippen LogP contribution in [0.1, 0.15) is 62.0 Å². The van der Waals surface area contributed by atoms with Crippen molar-refractivity contribution in [2.24, 2.45) is 0 Å². The molecular weight excluding hydrogens is 404 g/mol. The number of carbonyl (C=O) groups excluding carboxylic acids is 2. The Morgan fingerprint density at radius 1 is 1.30 bits per heavy atom. The van der Waals surface area contributed by atoms with Crippen LogP contribution in [0.3, 0.4) is 0 Å². The normalized spacial score (nSPS) is 16.4. The lowest BCUT2D eigenvalue weighted by Gasteiger charge is -2.18. The van der Waals surface area contributed by atoms with Gasteiger partial charge in [0, 0.05) is 11.6 Å². The first-order valence-electron chi connectivity index (χ1n) is 9.84. The number of ether oxygens (including phenoxy) is 2. The highest BCUT2D eigenvalue weighted by Gasteiger charge is 2.35. The highest BCUT2D eigenvalue weighted by atomic mass is 35.5. The molecule has 1 aliphatic heterocycles. The number of ketones is 1. The SMILES string of the molecule is COc1c(Cl)c(C)c(C=O)c(O)c1C/C=C(\C)CC/C=C(\C)C1=CC(=O)C(C)(C)O1. The molecule has 0 spiro atoms. The summed E-state index contributed by atoms with van der Waals surface area (Å²) in [6, 6.07) is 0. The molecule has 0 saturated heterocycles. The van der Waals surface area contributed by atoms with Crippen molar-refractivity contribution < 1.29 is 24.2 Å². The molecule has 1 heterocycles. The van der Waals surface area contributed by atoms with Gasteiger partial charge in [-0.15, -0.1) is 0 Å². The first kappa shape index (κ1) is 23.7. The minimum Gasteiger partial charge on any atom is -0.507 e. The Balaban J connectivity index is 2.10. The highest BCUT2D eigenvalue weighted by Crippen LogP contribution is 2.41. The Morgan fingerprint density at radius 3 is 2.50 bits per heavy atom. The second-order valence-corrected chi connectivity index (χ2v) is 8.37. The van der Waals surface area contributed by atoms with Crippen LogP contribution in [0.15, 0.2) is 35.1 Å². The van der Waals surface area contributed by atoms with Crippen LogP contribution in [0.25, 0.3) is 0 Å². The van der Waals surface area contributed by atoms with E-state index in [1.807, 2.05) is 26.0 Å². The lowest BCUT2D eigenvalue weighted by Crippen LogP contribution is -2.27. The van der Waals surface area contributed by atoms with Crippen LogP contribution in [-0.2, 0) is 16.0 Å². The molecule has 162 valence electrons. The predicted octanol–water partition coefficient (Wildman–Crippen LogP) is 5.65. The Morgan fingerprint density at radius 2 is 1.97 bits per heavy atom. The maximum absolute atomic E-state index is 11.9. The molecule has 0 atom stereocenters. The topological polar surface area (TPSA) is 72.8 Å². The van der Waals surface area contributed by atoms with Gasteiger partial charge in [0.2, 0.25) is 5.78 Å². The van der Waals surface area contributed by atoms with Crippen molar-refractivity contribution in [3.8, 4) is 11.5 Å². The monoisotopic (exact) mass is 432 g/mol. The van der Waals surface area contributed by atoms with Crippen LogP contribution in [0.4, 0.5) is 0 Å². The first-order valence-corrected chi connectivity index (χ1v) is 10.2. The van der Waals surface area contributed by atoms with Gasteiger partial charge in [-0.1, -0.05) is 29.3 Å². The number of rotatable bonds is 8. The molecule has 0 saturated carbocycles. The minimum absolute atomic E-state index is 0.0264. The van der Waals surface area contributed by atoms with Crippen LogP contribution >= 0.6 is 11.6 Å². The fourth-order valence-corrected chi connectivity index (χ4v) is 3.55. The van der Waals surface area contributed by atoms with Crippen molar-refractivity contribution in [1.29, 1.82) is 0 Å². The molecule has 30 heavy (non-hydrogen) atoms. The van der Waals surface area contributed by atoms with Gasteiger partial charge in [-0.3, -0.25) is 9.59 Å². The van der Waals surface area contributed by atoms with Crippen LogP contribution in [0.2, 0.25) is 5.02 Å². The van der Waals surface area contributed by atoms with Crippen molar-refractivity contribution in [1.82, 2.24) is 0 Å². The Labute approximate surface area is 183 Å². The molecule has 0 radical (unpaired) electrons. The maximum atomic E-state index is 11.9. The molecule has 0 amide bonds. The summed E-state index contributed by atoms with van der Waals surface area (Å²) >= 11 is 6.32. The van der Waals surface area contributed by atoms with Crippen LogP contribution in [-0.4, -0.2) is 29.9 Å². The Bertz CT molecular complexity index is 951. The van der Waals surface area contributed by atoms with Crippen molar-refractivity contribution in [3.63, 3.8) is 0 Å². The molecule has 1 N–H and O–H groups in total. The summed E-state index contributed by atoms with van der Waals surface area (Å²) in [6.07, 6.45) is 8.15. The van der Waals surface area contributed by atoms with Gasteiger partial charge >= 0.3 is 0 Å². The Kier molecular flexibility index (Phi) is 7.54. The van der Waals surface area contributed by atoms with Gasteiger partial charge in [-0.25, -0.2) is 0 Å². The molecule has 1 aromatic carbocycles. The standard InChI is InChI=1S/C24H29ClO5/c1-14(8-7-9-15(2)19-12-20(27)24(4,5)30-19)10-11-17-22(28)18(13-26)16(3)21(25)23(17)29-6/h9-10,12-13,28H,7-8,11H2,1-6H3/b14-10+,15-9+. The van der Waals surface area contributed by atoms with Gasteiger partial charge in [0.25, 0.3) is 0 Å². The summed E-state index contributed by atoms with van der Waals surface area (Å²) in [4.78, 5) is 23.2. The van der Waals surface area contributed by atoms with Gasteiger partial charge in [0.1, 0.15) is 17.3 Å². The summed E-state index contributed by atoms with van der Waals surface area (Å²) in [5.41, 5.74) is 2.42. The summed E-state index contributed by atoms with van der Waals surface area (Å²) in [5, 5.41) is 10.8. The van der Waals surface area contributed by atoms with Gasteiger partial charge in [-0.05, 0) is 65.0 Å². The fraction of sp³-hybridized carbons (Fsp3) is 0.417. The summed E-state index contributed by atoms with van der Waals surface area (Å²) < 4.78 is 11.1. The van der Waals surface area contributed by atoms with Crippen LogP contribution in [0, 0.1) is 6.92 Å². The van der Waals surface area contributed by atoms with Gasteiger partial charge in [-0.2, -0.15) is 0 Å². The van der Waals surface area contributed by atoms with Gasteiger partial charge < -0.3 is 14.6 Å². The lowest BCUT2D eigenvalue weighted by molar-refractivity contribution is -0.126. The van der Waals surface area contributed by atoms with Gasteiger partial charge in [0.15, 0.2) is 11.9 Å². The van der Waals surface area contributed by atoms with E-state index in [2.05, 4.69) is 0 Å². The second kappa shape index (κ2) is 9.52. The van der Waals surface area contributed by atoms with E-state index in [9.17, 15) is 14.7 Å². The third kappa shape index (κ3) is 4.96. The number of aldehydes is 1. The van der Waals surface area contributed by atoms with E-state index in [-0.39, 0.29) is 17.1 Å². The second-order valence-electron chi connectivity index (χ2n) is 8.00. The maximum Gasteiger partial charge on any atom is 0.202 e. The lowest BCUT2D eigenvalue weighted by atomic mass is 9.98. The summed E-state index contributed by atoms with van der Waals surface area (Å²) in [7, 11) is 1.49. The number of allylic oxidation sites excluding steroid dienone is 4. The van der Waals surface area contributed by atoms with E-state index in [0.29, 0.717) is 40.4 Å². The average molecular weight is 433 g/mol. The fourth-order valence-electron chi connectivity index (χ4n) is 3.25. The number of carbonyl (C=O) groups is 2. The van der Waals surface area contributed by atoms with E-state index >= 15 is 0 Å². The molecule has 1 aliphatic rings. The quantitative estimate of drug-likeness (QED) is 0.424. The highest BCUT2D eigenvalue weighted by molar-refractivity contribution is 6.33. The van der Waals surface area contributed by atoms with Crippen molar-refractivity contribution in [3.05, 3.63) is 56.8 Å².